The van der Waals surface area contributed by atoms with Crippen LogP contribution in [0.1, 0.15) is 44.6 Å². The van der Waals surface area contributed by atoms with Gasteiger partial charge in [0.25, 0.3) is 5.91 Å². The molecule has 1 aliphatic carbocycles. The molecule has 0 aromatic heterocycles. The van der Waals surface area contributed by atoms with Crippen molar-refractivity contribution in [3.63, 3.8) is 0 Å². The lowest BCUT2D eigenvalue weighted by Crippen LogP contribution is -2.51. The number of carbonyl (C=O) groups excluding carboxylic acids is 2. The number of halogens is 2. The van der Waals surface area contributed by atoms with Crippen LogP contribution in [0.15, 0.2) is 48.5 Å². The van der Waals surface area contributed by atoms with E-state index in [2.05, 4.69) is 5.32 Å². The molecule has 5 nitrogen and oxygen atoms in total. The Balaban J connectivity index is 1.75. The third kappa shape index (κ3) is 6.62. The molecule has 2 aromatic carbocycles. The Morgan fingerprint density at radius 3 is 2.32 bits per heavy atom. The number of amides is 2. The molecule has 2 aromatic rings. The van der Waals surface area contributed by atoms with Crippen LogP contribution in [0.5, 0.6) is 5.75 Å². The van der Waals surface area contributed by atoms with Crippen molar-refractivity contribution in [3.05, 3.63) is 64.1 Å². The Kier molecular flexibility index (Phi) is 8.61. The first-order valence-corrected chi connectivity index (χ1v) is 11.4. The first-order valence-electron chi connectivity index (χ1n) is 10.7. The number of ether oxygens (including phenoxy) is 1. The van der Waals surface area contributed by atoms with Crippen LogP contribution in [0.25, 0.3) is 0 Å². The van der Waals surface area contributed by atoms with Crippen LogP contribution in [0.2, 0.25) is 10.0 Å². The van der Waals surface area contributed by atoms with Gasteiger partial charge in [-0.2, -0.15) is 0 Å². The number of hydrogen-bond acceptors (Lipinski definition) is 3. The molecule has 0 aliphatic heterocycles. The topological polar surface area (TPSA) is 58.6 Å². The van der Waals surface area contributed by atoms with Crippen LogP contribution >= 0.6 is 23.2 Å². The van der Waals surface area contributed by atoms with Crippen molar-refractivity contribution in [1.82, 2.24) is 10.2 Å². The summed E-state index contributed by atoms with van der Waals surface area (Å²) in [6.07, 6.45) is 5.37. The van der Waals surface area contributed by atoms with E-state index in [1.807, 2.05) is 18.2 Å². The minimum atomic E-state index is -0.693. The van der Waals surface area contributed by atoms with E-state index in [-0.39, 0.29) is 31.0 Å². The number of nitrogens with zero attached hydrogens (tertiary/aromatic N) is 1. The average Bonchev–Trinajstić information content (AvgIpc) is 2.78. The van der Waals surface area contributed by atoms with Crippen LogP contribution < -0.4 is 10.1 Å². The van der Waals surface area contributed by atoms with Gasteiger partial charge < -0.3 is 15.0 Å². The lowest BCUT2D eigenvalue weighted by molar-refractivity contribution is -0.142. The molecule has 1 atom stereocenters. The molecule has 0 saturated heterocycles. The fraction of sp³-hybridized carbons (Fsp3) is 0.417. The van der Waals surface area contributed by atoms with Crippen LogP contribution in [0, 0.1) is 0 Å². The number of carbonyl (C=O) groups is 2. The molecule has 31 heavy (non-hydrogen) atoms. The largest absolute Gasteiger partial charge is 0.484 e. The van der Waals surface area contributed by atoms with Crippen molar-refractivity contribution in [2.24, 2.45) is 0 Å². The third-order valence-electron chi connectivity index (χ3n) is 5.61. The van der Waals surface area contributed by atoms with Crippen LogP contribution in [0.3, 0.4) is 0 Å². The zero-order valence-corrected chi connectivity index (χ0v) is 19.2. The van der Waals surface area contributed by atoms with E-state index < -0.39 is 6.04 Å². The van der Waals surface area contributed by atoms with Crippen LogP contribution in [0.4, 0.5) is 0 Å². The van der Waals surface area contributed by atoms with Gasteiger partial charge in [0.15, 0.2) is 6.61 Å². The van der Waals surface area contributed by atoms with Crippen molar-refractivity contribution in [1.29, 1.82) is 0 Å². The smallest absolute Gasteiger partial charge is 0.261 e. The summed E-state index contributed by atoms with van der Waals surface area (Å²) in [6.45, 7) is 1.66. The molecule has 2 amide bonds. The third-order valence-corrected chi connectivity index (χ3v) is 6.32. The van der Waals surface area contributed by atoms with Crippen molar-refractivity contribution in [2.45, 2.75) is 57.7 Å². The highest BCUT2D eigenvalue weighted by atomic mass is 35.5. The summed E-state index contributed by atoms with van der Waals surface area (Å²) in [5.41, 5.74) is 0.608. The molecule has 1 fully saturated rings. The van der Waals surface area contributed by atoms with Gasteiger partial charge in [-0.25, -0.2) is 0 Å². The second-order valence-electron chi connectivity index (χ2n) is 7.84. The van der Waals surface area contributed by atoms with E-state index in [1.165, 1.54) is 11.3 Å². The van der Waals surface area contributed by atoms with Gasteiger partial charge in [-0.1, -0.05) is 66.7 Å². The van der Waals surface area contributed by atoms with E-state index in [9.17, 15) is 9.59 Å². The number of hydrogen-bond donors (Lipinski definition) is 1. The molecule has 0 radical (unpaired) electrons. The van der Waals surface area contributed by atoms with Crippen LogP contribution in [-0.2, 0) is 16.1 Å². The van der Waals surface area contributed by atoms with E-state index in [1.54, 1.807) is 37.3 Å². The molecule has 1 N–H and O–H groups in total. The molecule has 1 saturated carbocycles. The normalized spacial score (nSPS) is 15.2. The molecule has 0 unspecified atom stereocenters. The fourth-order valence-electron chi connectivity index (χ4n) is 3.75. The molecule has 0 heterocycles. The minimum absolute atomic E-state index is 0.120. The Morgan fingerprint density at radius 2 is 1.68 bits per heavy atom. The standard InChI is InChI=1S/C24H28Cl2N2O3/c1-17(24(30)27-18-9-4-2-5-10-18)28(15-20-21(25)13-8-14-22(20)26)23(29)16-31-19-11-6-3-7-12-19/h3,6-8,11-14,17-18H,2,4-5,9-10,15-16H2,1H3,(H,27,30)/t17-/m0/s1. The molecular formula is C24H28Cl2N2O3. The Bertz CT molecular complexity index is 865. The van der Waals surface area contributed by atoms with Gasteiger partial charge in [0.05, 0.1) is 0 Å². The lowest BCUT2D eigenvalue weighted by atomic mass is 9.95. The van der Waals surface area contributed by atoms with Gasteiger partial charge in [-0.05, 0) is 44.0 Å². The summed E-state index contributed by atoms with van der Waals surface area (Å²) in [5, 5.41) is 4.01. The summed E-state index contributed by atoms with van der Waals surface area (Å²) in [5.74, 6) is 0.0974. The predicted octanol–water partition coefficient (Wildman–Crippen LogP) is 5.24. The fourth-order valence-corrected chi connectivity index (χ4v) is 4.27. The number of nitrogens with one attached hydrogen (secondary N) is 1. The number of para-hydroxylation sites is 1. The first kappa shape index (κ1) is 23.4. The Morgan fingerprint density at radius 1 is 1.03 bits per heavy atom. The maximum Gasteiger partial charge on any atom is 0.261 e. The lowest BCUT2D eigenvalue weighted by Gasteiger charge is -2.31. The summed E-state index contributed by atoms with van der Waals surface area (Å²) < 4.78 is 5.64. The Labute approximate surface area is 193 Å². The number of benzene rings is 2. The second kappa shape index (κ2) is 11.4. The van der Waals surface area contributed by atoms with Gasteiger partial charge in [-0.3, -0.25) is 9.59 Å². The van der Waals surface area contributed by atoms with Gasteiger partial charge in [0.1, 0.15) is 11.8 Å². The quantitative estimate of drug-likeness (QED) is 0.583. The molecule has 0 bridgehead atoms. The van der Waals surface area contributed by atoms with E-state index in [4.69, 9.17) is 27.9 Å². The highest BCUT2D eigenvalue weighted by Gasteiger charge is 2.29. The van der Waals surface area contributed by atoms with Gasteiger partial charge in [0.2, 0.25) is 5.91 Å². The summed E-state index contributed by atoms with van der Waals surface area (Å²) in [7, 11) is 0. The second-order valence-corrected chi connectivity index (χ2v) is 8.66. The van der Waals surface area contributed by atoms with Crippen molar-refractivity contribution >= 4 is 35.0 Å². The highest BCUT2D eigenvalue weighted by Crippen LogP contribution is 2.27. The Hall–Kier alpha value is -2.24. The average molecular weight is 463 g/mol. The molecule has 1 aliphatic rings. The highest BCUT2D eigenvalue weighted by molar-refractivity contribution is 6.36. The van der Waals surface area contributed by atoms with Gasteiger partial charge in [0, 0.05) is 28.2 Å². The molecular weight excluding hydrogens is 435 g/mol. The predicted molar refractivity (Wildman–Crippen MR) is 123 cm³/mol. The monoisotopic (exact) mass is 462 g/mol. The van der Waals surface area contributed by atoms with E-state index in [0.717, 1.165) is 25.7 Å². The summed E-state index contributed by atoms with van der Waals surface area (Å²) >= 11 is 12.7. The zero-order valence-electron chi connectivity index (χ0n) is 17.7. The van der Waals surface area contributed by atoms with Gasteiger partial charge in [-0.15, -0.1) is 0 Å². The van der Waals surface area contributed by atoms with Gasteiger partial charge >= 0.3 is 0 Å². The molecule has 7 heteroatoms. The SMILES string of the molecule is C[C@@H](C(=O)NC1CCCCC1)N(Cc1c(Cl)cccc1Cl)C(=O)COc1ccccc1. The molecule has 0 spiro atoms. The van der Waals surface area contributed by atoms with Crippen LogP contribution in [-0.4, -0.2) is 35.4 Å². The maximum atomic E-state index is 13.1. The van der Waals surface area contributed by atoms with Crippen molar-refractivity contribution < 1.29 is 14.3 Å². The number of rotatable bonds is 8. The summed E-state index contributed by atoms with van der Waals surface area (Å²) in [4.78, 5) is 27.6. The molecule has 166 valence electrons. The summed E-state index contributed by atoms with van der Waals surface area (Å²) in [6, 6.07) is 13.8. The van der Waals surface area contributed by atoms with Crippen molar-refractivity contribution in [2.75, 3.05) is 6.61 Å². The van der Waals surface area contributed by atoms with E-state index >= 15 is 0 Å². The zero-order chi connectivity index (χ0) is 22.2. The van der Waals surface area contributed by atoms with Crippen molar-refractivity contribution in [3.8, 4) is 5.75 Å². The first-order chi connectivity index (χ1) is 15.0. The minimum Gasteiger partial charge on any atom is -0.484 e. The maximum absolute atomic E-state index is 13.1. The van der Waals surface area contributed by atoms with E-state index in [0.29, 0.717) is 21.4 Å². The molecule has 3 rings (SSSR count).